The molecule has 4 aliphatic carbocycles. The van der Waals surface area contributed by atoms with Crippen molar-refractivity contribution in [2.45, 2.75) is 90.8 Å². The van der Waals surface area contributed by atoms with Crippen LogP contribution in [0, 0.1) is 16.7 Å². The molecule has 4 aliphatic rings. The Hall–Kier alpha value is -1.46. The highest BCUT2D eigenvalue weighted by Gasteiger charge is 2.59. The molecule has 0 aromatic heterocycles. The number of hydrogen-bond donors (Lipinski definition) is 2. The minimum atomic E-state index is -0.272. The number of halogens is 1. The van der Waals surface area contributed by atoms with Crippen LogP contribution in [0.4, 0.5) is 0 Å². The Kier molecular flexibility index (Phi) is 6.86. The molecule has 4 bridgehead atoms. The maximum Gasteiger partial charge on any atom is 0.258 e. The van der Waals surface area contributed by atoms with Crippen molar-refractivity contribution in [1.82, 2.24) is 10.6 Å². The van der Waals surface area contributed by atoms with Crippen molar-refractivity contribution in [3.63, 3.8) is 0 Å². The molecule has 6 heteroatoms. The lowest BCUT2D eigenvalue weighted by Crippen LogP contribution is -2.63. The van der Waals surface area contributed by atoms with Crippen molar-refractivity contribution < 1.29 is 14.3 Å². The summed E-state index contributed by atoms with van der Waals surface area (Å²) in [5, 5.41) is 6.89. The molecule has 180 valence electrons. The van der Waals surface area contributed by atoms with Crippen LogP contribution in [0.3, 0.4) is 0 Å². The average molecular weight is 465 g/mol. The summed E-state index contributed by atoms with van der Waals surface area (Å²) in [6.07, 6.45) is 8.13. The molecule has 1 aromatic carbocycles. The van der Waals surface area contributed by atoms with E-state index in [-0.39, 0.29) is 36.0 Å². The lowest BCUT2D eigenvalue weighted by molar-refractivity contribution is -0.124. The summed E-state index contributed by atoms with van der Waals surface area (Å²) in [5.41, 5.74) is 2.20. The molecular formula is C26H41ClN2O3. The third-order valence-corrected chi connectivity index (χ3v) is 7.39. The molecule has 1 amide bonds. The summed E-state index contributed by atoms with van der Waals surface area (Å²) in [4.78, 5) is 12.1. The number of rotatable bonds is 7. The third-order valence-electron chi connectivity index (χ3n) is 7.39. The predicted molar refractivity (Wildman–Crippen MR) is 131 cm³/mol. The first kappa shape index (κ1) is 25.2. The van der Waals surface area contributed by atoms with E-state index < -0.39 is 0 Å². The first-order chi connectivity index (χ1) is 14.4. The smallest absolute Gasteiger partial charge is 0.258 e. The van der Waals surface area contributed by atoms with E-state index in [1.807, 2.05) is 32.9 Å². The summed E-state index contributed by atoms with van der Waals surface area (Å²) in [6, 6.07) is 6.03. The largest absolute Gasteiger partial charge is 0.493 e. The number of nitrogens with one attached hydrogen (secondary N) is 2. The molecule has 0 saturated heterocycles. The normalized spacial score (nSPS) is 32.9. The molecule has 5 rings (SSSR count). The van der Waals surface area contributed by atoms with Crippen LogP contribution in [0.5, 0.6) is 11.5 Å². The second-order valence-corrected chi connectivity index (χ2v) is 12.3. The molecule has 0 spiro atoms. The maximum atomic E-state index is 12.1. The lowest BCUT2D eigenvalue weighted by Gasteiger charge is -2.65. The van der Waals surface area contributed by atoms with Crippen molar-refractivity contribution >= 4 is 18.3 Å². The molecule has 4 saturated carbocycles. The highest BCUT2D eigenvalue weighted by atomic mass is 35.5. The maximum absolute atomic E-state index is 12.1. The molecular weight excluding hydrogens is 424 g/mol. The fraction of sp³-hybridized carbons (Fsp3) is 0.731. The average Bonchev–Trinajstić information content (AvgIpc) is 2.60. The van der Waals surface area contributed by atoms with Gasteiger partial charge in [-0.25, -0.2) is 0 Å². The number of methoxy groups -OCH3 is 1. The van der Waals surface area contributed by atoms with Gasteiger partial charge in [-0.1, -0.05) is 19.9 Å². The zero-order valence-corrected chi connectivity index (χ0v) is 21.4. The standard InChI is InChI=1S/C26H40N2O3.ClH/c1-23(2,3)28-22(29)14-31-20-8-7-18(9-21(20)30-6)13-27-26-12-19-10-24(4,16-26)15-25(5,11-19)17-26;/h7-9,19,27H,10-17H2,1-6H3,(H,28,29);1H. The number of benzene rings is 1. The first-order valence-electron chi connectivity index (χ1n) is 11.8. The number of carbonyl (C=O) groups excluding carboxylic acids is 1. The molecule has 32 heavy (non-hydrogen) atoms. The molecule has 1 aromatic rings. The minimum absolute atomic E-state index is 0. The van der Waals surface area contributed by atoms with Gasteiger partial charge in [0.25, 0.3) is 5.91 Å². The highest BCUT2D eigenvalue weighted by molar-refractivity contribution is 5.85. The van der Waals surface area contributed by atoms with Gasteiger partial charge < -0.3 is 20.1 Å². The lowest BCUT2D eigenvalue weighted by atomic mass is 9.43. The Morgan fingerprint density at radius 2 is 1.72 bits per heavy atom. The van der Waals surface area contributed by atoms with Crippen LogP contribution in [-0.2, 0) is 11.3 Å². The van der Waals surface area contributed by atoms with E-state index in [0.29, 0.717) is 22.3 Å². The van der Waals surface area contributed by atoms with Gasteiger partial charge in [-0.2, -0.15) is 0 Å². The number of amides is 1. The van der Waals surface area contributed by atoms with Gasteiger partial charge in [0.1, 0.15) is 0 Å². The van der Waals surface area contributed by atoms with Crippen molar-refractivity contribution in [3.8, 4) is 11.5 Å². The summed E-state index contributed by atoms with van der Waals surface area (Å²) in [5.74, 6) is 2.02. The van der Waals surface area contributed by atoms with Gasteiger partial charge in [0.2, 0.25) is 0 Å². The van der Waals surface area contributed by atoms with Crippen molar-refractivity contribution in [2.75, 3.05) is 13.7 Å². The van der Waals surface area contributed by atoms with Crippen LogP contribution in [0.2, 0.25) is 0 Å². The second kappa shape index (κ2) is 8.72. The van der Waals surface area contributed by atoms with Gasteiger partial charge in [-0.05, 0) is 93.7 Å². The quantitative estimate of drug-likeness (QED) is 0.578. The highest BCUT2D eigenvalue weighted by Crippen LogP contribution is 2.66. The van der Waals surface area contributed by atoms with Gasteiger partial charge >= 0.3 is 0 Å². The Labute approximate surface area is 199 Å². The van der Waals surface area contributed by atoms with E-state index in [2.05, 4.69) is 30.5 Å². The second-order valence-electron chi connectivity index (χ2n) is 12.3. The number of hydrogen-bond acceptors (Lipinski definition) is 4. The Morgan fingerprint density at radius 3 is 2.28 bits per heavy atom. The predicted octanol–water partition coefficient (Wildman–Crippen LogP) is 5.25. The zero-order chi connectivity index (χ0) is 22.5. The molecule has 0 heterocycles. The van der Waals surface area contributed by atoms with Crippen LogP contribution in [0.25, 0.3) is 0 Å². The summed E-state index contributed by atoms with van der Waals surface area (Å²) < 4.78 is 11.3. The molecule has 2 N–H and O–H groups in total. The van der Waals surface area contributed by atoms with Gasteiger partial charge in [0, 0.05) is 17.6 Å². The van der Waals surface area contributed by atoms with Crippen LogP contribution in [0.15, 0.2) is 18.2 Å². The summed E-state index contributed by atoms with van der Waals surface area (Å²) in [6.45, 7) is 11.7. The van der Waals surface area contributed by atoms with E-state index in [1.165, 1.54) is 44.1 Å². The third kappa shape index (κ3) is 5.53. The van der Waals surface area contributed by atoms with E-state index in [9.17, 15) is 4.79 Å². The Morgan fingerprint density at radius 1 is 1.06 bits per heavy atom. The Bertz CT molecular complexity index is 832. The monoisotopic (exact) mass is 464 g/mol. The topological polar surface area (TPSA) is 59.6 Å². The minimum Gasteiger partial charge on any atom is -0.493 e. The van der Waals surface area contributed by atoms with Crippen LogP contribution < -0.4 is 20.1 Å². The first-order valence-corrected chi connectivity index (χ1v) is 11.8. The van der Waals surface area contributed by atoms with Crippen LogP contribution in [-0.4, -0.2) is 30.7 Å². The number of carbonyl (C=O) groups is 1. The van der Waals surface area contributed by atoms with E-state index in [4.69, 9.17) is 9.47 Å². The van der Waals surface area contributed by atoms with Crippen LogP contribution in [0.1, 0.15) is 78.7 Å². The molecule has 4 fully saturated rings. The van der Waals surface area contributed by atoms with E-state index in [0.717, 1.165) is 12.5 Å². The zero-order valence-electron chi connectivity index (χ0n) is 20.6. The summed E-state index contributed by atoms with van der Waals surface area (Å²) >= 11 is 0. The van der Waals surface area contributed by atoms with Crippen molar-refractivity contribution in [3.05, 3.63) is 23.8 Å². The van der Waals surface area contributed by atoms with Crippen molar-refractivity contribution in [1.29, 1.82) is 0 Å². The SMILES string of the molecule is COc1cc(CNC23CC4CC(C)(CC(C)(C4)C2)C3)ccc1OCC(=O)NC(C)(C)C.Cl. The van der Waals surface area contributed by atoms with Gasteiger partial charge in [-0.3, -0.25) is 4.79 Å². The molecule has 0 aliphatic heterocycles. The molecule has 5 nitrogen and oxygen atoms in total. The fourth-order valence-corrected chi connectivity index (χ4v) is 7.47. The van der Waals surface area contributed by atoms with Gasteiger partial charge in [0.05, 0.1) is 7.11 Å². The fourth-order valence-electron chi connectivity index (χ4n) is 7.47. The van der Waals surface area contributed by atoms with Gasteiger partial charge in [0.15, 0.2) is 18.1 Å². The summed E-state index contributed by atoms with van der Waals surface area (Å²) in [7, 11) is 1.65. The number of ether oxygens (including phenoxy) is 2. The molecule has 2 unspecified atom stereocenters. The van der Waals surface area contributed by atoms with E-state index in [1.54, 1.807) is 7.11 Å². The van der Waals surface area contributed by atoms with E-state index >= 15 is 0 Å². The molecule has 2 atom stereocenters. The molecule has 0 radical (unpaired) electrons. The Balaban J connectivity index is 0.00000289. The van der Waals surface area contributed by atoms with Crippen LogP contribution >= 0.6 is 12.4 Å². The van der Waals surface area contributed by atoms with Crippen molar-refractivity contribution in [2.24, 2.45) is 16.7 Å². The van der Waals surface area contributed by atoms with Gasteiger partial charge in [-0.15, -0.1) is 12.4 Å².